The van der Waals surface area contributed by atoms with Gasteiger partial charge in [-0.2, -0.15) is 0 Å². The minimum atomic E-state index is -0.962. The first-order chi connectivity index (χ1) is 6.61. The van der Waals surface area contributed by atoms with E-state index in [1.807, 2.05) is 0 Å². The maximum atomic E-state index is 10.7. The molecule has 4 heteroatoms. The summed E-state index contributed by atoms with van der Waals surface area (Å²) in [6.45, 7) is 3.00. The number of esters is 1. The van der Waals surface area contributed by atoms with Crippen LogP contribution >= 0.6 is 0 Å². The lowest BCUT2D eigenvalue weighted by Gasteiger charge is -2.20. The fraction of sp³-hybridized carbons (Fsp3) is 0.900. The molecule has 0 amide bonds. The summed E-state index contributed by atoms with van der Waals surface area (Å²) in [5.41, 5.74) is 0. The molecule has 0 aliphatic heterocycles. The van der Waals surface area contributed by atoms with Crippen LogP contribution in [-0.4, -0.2) is 35.0 Å². The summed E-state index contributed by atoms with van der Waals surface area (Å²) >= 11 is 0. The third kappa shape index (κ3) is 5.94. The molecule has 0 aliphatic carbocycles. The lowest BCUT2D eigenvalue weighted by Crippen LogP contribution is -2.33. The topological polar surface area (TPSA) is 66.8 Å². The SMILES string of the molecule is CCCCCC(OC(C)=O)C(O)CO. The van der Waals surface area contributed by atoms with Crippen LogP contribution in [0.25, 0.3) is 0 Å². The predicted molar refractivity (Wildman–Crippen MR) is 52.8 cm³/mol. The van der Waals surface area contributed by atoms with Gasteiger partial charge in [-0.15, -0.1) is 0 Å². The number of ether oxygens (including phenoxy) is 1. The van der Waals surface area contributed by atoms with Gasteiger partial charge in [-0.25, -0.2) is 0 Å². The lowest BCUT2D eigenvalue weighted by molar-refractivity contribution is -0.154. The molecule has 0 radical (unpaired) electrons. The van der Waals surface area contributed by atoms with E-state index in [0.717, 1.165) is 19.3 Å². The van der Waals surface area contributed by atoms with Crippen molar-refractivity contribution in [2.45, 2.75) is 51.7 Å². The summed E-state index contributed by atoms with van der Waals surface area (Å²) in [5.74, 6) is -0.418. The second-order valence-electron chi connectivity index (χ2n) is 3.39. The number of carbonyl (C=O) groups is 1. The second kappa shape index (κ2) is 7.76. The Morgan fingerprint density at radius 1 is 1.43 bits per heavy atom. The van der Waals surface area contributed by atoms with Crippen molar-refractivity contribution in [2.75, 3.05) is 6.61 Å². The molecule has 0 aliphatic rings. The first-order valence-electron chi connectivity index (χ1n) is 5.08. The van der Waals surface area contributed by atoms with E-state index in [9.17, 15) is 9.90 Å². The van der Waals surface area contributed by atoms with Crippen molar-refractivity contribution in [1.82, 2.24) is 0 Å². The van der Waals surface area contributed by atoms with Gasteiger partial charge in [0.05, 0.1) is 6.61 Å². The predicted octanol–water partition coefficient (Wildman–Crippen LogP) is 0.852. The van der Waals surface area contributed by atoms with Gasteiger partial charge in [-0.05, 0) is 12.8 Å². The molecule has 14 heavy (non-hydrogen) atoms. The van der Waals surface area contributed by atoms with E-state index in [1.54, 1.807) is 0 Å². The minimum absolute atomic E-state index is 0.371. The van der Waals surface area contributed by atoms with Crippen LogP contribution in [0.3, 0.4) is 0 Å². The number of carbonyl (C=O) groups excluding carboxylic acids is 1. The number of hydrogen-bond acceptors (Lipinski definition) is 4. The molecule has 0 aromatic carbocycles. The summed E-state index contributed by atoms with van der Waals surface area (Å²) in [7, 11) is 0. The number of hydrogen-bond donors (Lipinski definition) is 2. The Kier molecular flexibility index (Phi) is 7.42. The molecule has 0 bridgehead atoms. The van der Waals surface area contributed by atoms with Gasteiger partial charge in [0.2, 0.25) is 0 Å². The van der Waals surface area contributed by atoms with Gasteiger partial charge in [-0.3, -0.25) is 4.79 Å². The molecule has 0 spiro atoms. The molecule has 84 valence electrons. The smallest absolute Gasteiger partial charge is 0.302 e. The largest absolute Gasteiger partial charge is 0.460 e. The molecular weight excluding hydrogens is 184 g/mol. The summed E-state index contributed by atoms with van der Waals surface area (Å²) in [4.78, 5) is 10.7. The van der Waals surface area contributed by atoms with Crippen LogP contribution in [0.2, 0.25) is 0 Å². The number of unbranched alkanes of at least 4 members (excludes halogenated alkanes) is 2. The standard InChI is InChI=1S/C10H20O4/c1-3-4-5-6-10(9(13)7-11)14-8(2)12/h9-11,13H,3-7H2,1-2H3. The zero-order chi connectivity index (χ0) is 11.0. The van der Waals surface area contributed by atoms with Crippen molar-refractivity contribution in [3.8, 4) is 0 Å². The Morgan fingerprint density at radius 2 is 2.07 bits per heavy atom. The van der Waals surface area contributed by atoms with Crippen LogP contribution in [0.5, 0.6) is 0 Å². The van der Waals surface area contributed by atoms with E-state index < -0.39 is 18.2 Å². The van der Waals surface area contributed by atoms with E-state index in [1.165, 1.54) is 6.92 Å². The van der Waals surface area contributed by atoms with Gasteiger partial charge in [0.25, 0.3) is 0 Å². The van der Waals surface area contributed by atoms with E-state index in [4.69, 9.17) is 9.84 Å². The fourth-order valence-electron chi connectivity index (χ4n) is 1.26. The van der Waals surface area contributed by atoms with Crippen LogP contribution in [0.1, 0.15) is 39.5 Å². The quantitative estimate of drug-likeness (QED) is 0.476. The van der Waals surface area contributed by atoms with Crippen molar-refractivity contribution < 1.29 is 19.7 Å². The number of aliphatic hydroxyl groups excluding tert-OH is 2. The molecule has 2 N–H and O–H groups in total. The van der Waals surface area contributed by atoms with Gasteiger partial charge in [-0.1, -0.05) is 19.8 Å². The zero-order valence-electron chi connectivity index (χ0n) is 8.90. The van der Waals surface area contributed by atoms with Crippen LogP contribution in [0.4, 0.5) is 0 Å². The lowest BCUT2D eigenvalue weighted by atomic mass is 10.1. The summed E-state index contributed by atoms with van der Waals surface area (Å²) in [6.07, 6.45) is 2.08. The van der Waals surface area contributed by atoms with Crippen LogP contribution in [-0.2, 0) is 9.53 Å². The van der Waals surface area contributed by atoms with Crippen LogP contribution in [0.15, 0.2) is 0 Å². The number of aliphatic hydroxyl groups is 2. The first-order valence-corrected chi connectivity index (χ1v) is 5.08. The van der Waals surface area contributed by atoms with Crippen molar-refractivity contribution in [3.05, 3.63) is 0 Å². The van der Waals surface area contributed by atoms with E-state index in [-0.39, 0.29) is 6.61 Å². The summed E-state index contributed by atoms with van der Waals surface area (Å²) in [5, 5.41) is 18.1. The molecule has 0 aromatic heterocycles. The first kappa shape index (κ1) is 13.4. The normalized spacial score (nSPS) is 14.9. The van der Waals surface area contributed by atoms with Gasteiger partial charge < -0.3 is 14.9 Å². The third-order valence-electron chi connectivity index (χ3n) is 2.03. The molecule has 0 rings (SSSR count). The van der Waals surface area contributed by atoms with E-state index in [2.05, 4.69) is 6.92 Å². The maximum absolute atomic E-state index is 10.7. The molecule has 0 fully saturated rings. The van der Waals surface area contributed by atoms with Gasteiger partial charge in [0, 0.05) is 6.92 Å². The Labute approximate surface area is 84.9 Å². The zero-order valence-corrected chi connectivity index (χ0v) is 8.90. The molecule has 2 unspecified atom stereocenters. The highest BCUT2D eigenvalue weighted by Crippen LogP contribution is 2.10. The molecule has 4 nitrogen and oxygen atoms in total. The maximum Gasteiger partial charge on any atom is 0.302 e. The fourth-order valence-corrected chi connectivity index (χ4v) is 1.26. The Balaban J connectivity index is 3.90. The molecule has 2 atom stereocenters. The minimum Gasteiger partial charge on any atom is -0.460 e. The summed E-state index contributed by atoms with van der Waals surface area (Å²) < 4.78 is 4.90. The van der Waals surface area contributed by atoms with Crippen LogP contribution < -0.4 is 0 Å². The van der Waals surface area contributed by atoms with Gasteiger partial charge in [0.1, 0.15) is 12.2 Å². The average molecular weight is 204 g/mol. The van der Waals surface area contributed by atoms with Crippen molar-refractivity contribution in [1.29, 1.82) is 0 Å². The molecule has 0 saturated heterocycles. The molecule has 0 saturated carbocycles. The highest BCUT2D eigenvalue weighted by Gasteiger charge is 2.20. The van der Waals surface area contributed by atoms with Gasteiger partial charge >= 0.3 is 5.97 Å². The molecule has 0 heterocycles. The van der Waals surface area contributed by atoms with E-state index in [0.29, 0.717) is 6.42 Å². The highest BCUT2D eigenvalue weighted by molar-refractivity contribution is 5.66. The average Bonchev–Trinajstić information content (AvgIpc) is 2.15. The van der Waals surface area contributed by atoms with Crippen LogP contribution in [0, 0.1) is 0 Å². The van der Waals surface area contributed by atoms with Crippen molar-refractivity contribution in [2.24, 2.45) is 0 Å². The summed E-state index contributed by atoms with van der Waals surface area (Å²) in [6, 6.07) is 0. The Morgan fingerprint density at radius 3 is 2.50 bits per heavy atom. The van der Waals surface area contributed by atoms with Crippen molar-refractivity contribution in [3.63, 3.8) is 0 Å². The number of rotatable bonds is 7. The van der Waals surface area contributed by atoms with Crippen molar-refractivity contribution >= 4 is 5.97 Å². The third-order valence-corrected chi connectivity index (χ3v) is 2.03. The Hall–Kier alpha value is -0.610. The van der Waals surface area contributed by atoms with Gasteiger partial charge in [0.15, 0.2) is 0 Å². The van der Waals surface area contributed by atoms with E-state index >= 15 is 0 Å². The molecular formula is C10H20O4. The monoisotopic (exact) mass is 204 g/mol. The second-order valence-corrected chi connectivity index (χ2v) is 3.39. The molecule has 0 aromatic rings. The Bertz CT molecular complexity index is 158. The highest BCUT2D eigenvalue weighted by atomic mass is 16.6.